The Hall–Kier alpha value is -0.750. The minimum Gasteiger partial charge on any atom is -0.491 e. The number of hydrogen-bond acceptors (Lipinski definition) is 5. The van der Waals surface area contributed by atoms with Crippen LogP contribution >= 0.6 is 11.8 Å². The number of ether oxygens (including phenoxy) is 2. The zero-order chi connectivity index (χ0) is 14.2. The van der Waals surface area contributed by atoms with Gasteiger partial charge in [-0.3, -0.25) is 11.3 Å². The molecule has 0 bridgehead atoms. The lowest BCUT2D eigenvalue weighted by molar-refractivity contribution is 0.145. The number of methoxy groups -OCH3 is 1. The molecule has 1 aromatic rings. The molecule has 1 saturated heterocycles. The third-order valence-corrected chi connectivity index (χ3v) is 5.03. The molecular formula is C15H24N2O2S. The first-order valence-corrected chi connectivity index (χ1v) is 8.20. The van der Waals surface area contributed by atoms with Crippen molar-refractivity contribution in [2.75, 3.05) is 26.1 Å². The smallest absolute Gasteiger partial charge is 0.124 e. The first kappa shape index (κ1) is 15.6. The van der Waals surface area contributed by atoms with Gasteiger partial charge >= 0.3 is 0 Å². The van der Waals surface area contributed by atoms with E-state index in [1.807, 2.05) is 30.0 Å². The highest BCUT2D eigenvalue weighted by atomic mass is 32.2. The van der Waals surface area contributed by atoms with Crippen molar-refractivity contribution in [2.45, 2.75) is 30.6 Å². The lowest BCUT2D eigenvalue weighted by atomic mass is 9.99. The van der Waals surface area contributed by atoms with Crippen LogP contribution in [0.25, 0.3) is 0 Å². The summed E-state index contributed by atoms with van der Waals surface area (Å²) in [6.45, 7) is 1.15. The van der Waals surface area contributed by atoms with Crippen LogP contribution in [0, 0.1) is 0 Å². The Morgan fingerprint density at radius 1 is 1.35 bits per heavy atom. The first-order chi connectivity index (χ1) is 9.86. The van der Waals surface area contributed by atoms with Gasteiger partial charge in [-0.15, -0.1) is 0 Å². The molecule has 4 nitrogen and oxygen atoms in total. The Balaban J connectivity index is 2.11. The second-order valence-electron chi connectivity index (χ2n) is 4.93. The molecule has 20 heavy (non-hydrogen) atoms. The van der Waals surface area contributed by atoms with E-state index in [-0.39, 0.29) is 6.04 Å². The van der Waals surface area contributed by atoms with E-state index in [2.05, 4.69) is 11.5 Å². The molecule has 0 amide bonds. The Labute approximate surface area is 125 Å². The van der Waals surface area contributed by atoms with Crippen LogP contribution in [-0.2, 0) is 4.74 Å². The van der Waals surface area contributed by atoms with Gasteiger partial charge in [0.25, 0.3) is 0 Å². The number of para-hydroxylation sites is 1. The predicted molar refractivity (Wildman–Crippen MR) is 84.0 cm³/mol. The van der Waals surface area contributed by atoms with Gasteiger partial charge in [0.05, 0.1) is 12.6 Å². The number of nitrogens with two attached hydrogens (primary N) is 1. The molecule has 0 aliphatic carbocycles. The Bertz CT molecular complexity index is 397. The Kier molecular flexibility index (Phi) is 6.66. The summed E-state index contributed by atoms with van der Waals surface area (Å²) in [7, 11) is 1.68. The normalized spacial score (nSPS) is 20.6. The van der Waals surface area contributed by atoms with E-state index in [1.165, 1.54) is 25.0 Å². The number of hydrogen-bond donors (Lipinski definition) is 2. The minimum absolute atomic E-state index is 0.138. The highest BCUT2D eigenvalue weighted by Gasteiger charge is 2.26. The molecular weight excluding hydrogens is 272 g/mol. The van der Waals surface area contributed by atoms with Crippen LogP contribution in [-0.4, -0.2) is 31.3 Å². The zero-order valence-electron chi connectivity index (χ0n) is 12.0. The van der Waals surface area contributed by atoms with Crippen molar-refractivity contribution in [2.24, 2.45) is 5.84 Å². The molecule has 1 aliphatic heterocycles. The molecule has 1 aliphatic rings. The molecule has 2 unspecified atom stereocenters. The van der Waals surface area contributed by atoms with E-state index in [4.69, 9.17) is 15.3 Å². The fourth-order valence-electron chi connectivity index (χ4n) is 2.53. The van der Waals surface area contributed by atoms with Crippen molar-refractivity contribution in [1.82, 2.24) is 5.43 Å². The summed E-state index contributed by atoms with van der Waals surface area (Å²) in [6, 6.07) is 8.27. The van der Waals surface area contributed by atoms with Crippen molar-refractivity contribution < 1.29 is 9.47 Å². The summed E-state index contributed by atoms with van der Waals surface area (Å²) in [5.41, 5.74) is 4.13. The largest absolute Gasteiger partial charge is 0.491 e. The highest BCUT2D eigenvalue weighted by molar-refractivity contribution is 8.00. The number of hydrazine groups is 1. The lowest BCUT2D eigenvalue weighted by Gasteiger charge is -2.30. The lowest BCUT2D eigenvalue weighted by Crippen LogP contribution is -2.36. The number of benzene rings is 1. The van der Waals surface area contributed by atoms with Gasteiger partial charge < -0.3 is 9.47 Å². The van der Waals surface area contributed by atoms with E-state index in [0.29, 0.717) is 18.5 Å². The van der Waals surface area contributed by atoms with Gasteiger partial charge in [0.2, 0.25) is 0 Å². The van der Waals surface area contributed by atoms with E-state index in [0.717, 1.165) is 11.3 Å². The van der Waals surface area contributed by atoms with E-state index in [9.17, 15) is 0 Å². The quantitative estimate of drug-likeness (QED) is 0.460. The highest BCUT2D eigenvalue weighted by Crippen LogP contribution is 2.37. The van der Waals surface area contributed by atoms with Crippen LogP contribution in [0.1, 0.15) is 30.9 Å². The van der Waals surface area contributed by atoms with E-state index >= 15 is 0 Å². The van der Waals surface area contributed by atoms with Crippen molar-refractivity contribution in [3.05, 3.63) is 29.8 Å². The molecule has 3 N–H and O–H groups in total. The molecule has 0 spiro atoms. The molecule has 0 aromatic heterocycles. The monoisotopic (exact) mass is 296 g/mol. The van der Waals surface area contributed by atoms with Crippen LogP contribution in [0.3, 0.4) is 0 Å². The average molecular weight is 296 g/mol. The average Bonchev–Trinajstić information content (AvgIpc) is 2.51. The number of thioether (sulfide) groups is 1. The van der Waals surface area contributed by atoms with Gasteiger partial charge in [-0.05, 0) is 24.7 Å². The van der Waals surface area contributed by atoms with E-state index in [1.54, 1.807) is 7.11 Å². The maximum Gasteiger partial charge on any atom is 0.124 e. The van der Waals surface area contributed by atoms with Crippen LogP contribution in [0.4, 0.5) is 0 Å². The molecule has 1 fully saturated rings. The number of nitrogens with one attached hydrogen (secondary N) is 1. The summed E-state index contributed by atoms with van der Waals surface area (Å²) in [4.78, 5) is 0. The summed E-state index contributed by atoms with van der Waals surface area (Å²) >= 11 is 2.01. The molecule has 0 saturated carbocycles. The fourth-order valence-corrected chi connectivity index (χ4v) is 3.95. The third-order valence-electron chi connectivity index (χ3n) is 3.57. The second kappa shape index (κ2) is 8.52. The molecule has 2 atom stereocenters. The summed E-state index contributed by atoms with van der Waals surface area (Å²) < 4.78 is 10.9. The standard InChI is InChI=1S/C15H24N2O2S/c1-18-9-10-19-13-7-3-2-6-12(13)15(17-16)14-8-4-5-11-20-14/h2-3,6-7,14-15,17H,4-5,8-11,16H2,1H3. The van der Waals surface area contributed by atoms with Crippen LogP contribution < -0.4 is 16.0 Å². The van der Waals surface area contributed by atoms with Crippen LogP contribution in [0.15, 0.2) is 24.3 Å². The first-order valence-electron chi connectivity index (χ1n) is 7.15. The summed E-state index contributed by atoms with van der Waals surface area (Å²) in [5.74, 6) is 7.94. The van der Waals surface area contributed by atoms with Gasteiger partial charge in [0, 0.05) is 17.9 Å². The maximum absolute atomic E-state index is 5.82. The van der Waals surface area contributed by atoms with Gasteiger partial charge in [-0.1, -0.05) is 24.6 Å². The summed E-state index contributed by atoms with van der Waals surface area (Å²) in [5, 5.41) is 0.515. The van der Waals surface area contributed by atoms with Crippen LogP contribution in [0.2, 0.25) is 0 Å². The molecule has 1 aromatic carbocycles. The molecule has 112 valence electrons. The summed E-state index contributed by atoms with van der Waals surface area (Å²) in [6.07, 6.45) is 3.79. The molecule has 2 rings (SSSR count). The van der Waals surface area contributed by atoms with E-state index < -0.39 is 0 Å². The van der Waals surface area contributed by atoms with Gasteiger partial charge in [-0.2, -0.15) is 11.8 Å². The van der Waals surface area contributed by atoms with Crippen molar-refractivity contribution in [1.29, 1.82) is 0 Å². The second-order valence-corrected chi connectivity index (χ2v) is 6.28. The zero-order valence-corrected chi connectivity index (χ0v) is 12.8. The van der Waals surface area contributed by atoms with Gasteiger partial charge in [0.1, 0.15) is 12.4 Å². The topological polar surface area (TPSA) is 56.5 Å². The van der Waals surface area contributed by atoms with Crippen molar-refractivity contribution in [3.8, 4) is 5.75 Å². The van der Waals surface area contributed by atoms with Gasteiger partial charge in [0.15, 0.2) is 0 Å². The minimum atomic E-state index is 0.138. The molecule has 5 heteroatoms. The SMILES string of the molecule is COCCOc1ccccc1C(NN)C1CCCCS1. The number of rotatable bonds is 7. The fraction of sp³-hybridized carbons (Fsp3) is 0.600. The Morgan fingerprint density at radius 2 is 2.20 bits per heavy atom. The Morgan fingerprint density at radius 3 is 2.90 bits per heavy atom. The molecule has 0 radical (unpaired) electrons. The van der Waals surface area contributed by atoms with Crippen molar-refractivity contribution in [3.63, 3.8) is 0 Å². The molecule has 1 heterocycles. The predicted octanol–water partition coefficient (Wildman–Crippen LogP) is 2.50. The van der Waals surface area contributed by atoms with Crippen LogP contribution in [0.5, 0.6) is 5.75 Å². The van der Waals surface area contributed by atoms with Gasteiger partial charge in [-0.25, -0.2) is 0 Å². The van der Waals surface area contributed by atoms with Crippen molar-refractivity contribution >= 4 is 11.8 Å². The third kappa shape index (κ3) is 4.12. The maximum atomic E-state index is 5.82.